The van der Waals surface area contributed by atoms with Crippen molar-refractivity contribution in [1.82, 2.24) is 10.2 Å². The summed E-state index contributed by atoms with van der Waals surface area (Å²) in [7, 11) is 0. The van der Waals surface area contributed by atoms with Crippen molar-refractivity contribution >= 4 is 5.91 Å². The van der Waals surface area contributed by atoms with E-state index in [-0.39, 0.29) is 5.91 Å². The fourth-order valence-corrected chi connectivity index (χ4v) is 2.09. The molecular weight excluding hydrogens is 236 g/mol. The van der Waals surface area contributed by atoms with Gasteiger partial charge in [-0.2, -0.15) is 0 Å². The molecule has 0 radical (unpaired) electrons. The van der Waals surface area contributed by atoms with Crippen molar-refractivity contribution in [3.8, 4) is 0 Å². The first kappa shape index (κ1) is 18.2. The predicted octanol–water partition coefficient (Wildman–Crippen LogP) is 3.36. The van der Waals surface area contributed by atoms with Crippen molar-refractivity contribution < 1.29 is 4.79 Å². The Kier molecular flexibility index (Phi) is 13.0. The molecule has 0 aromatic heterocycles. The highest BCUT2D eigenvalue weighted by molar-refractivity contribution is 5.75. The first-order chi connectivity index (χ1) is 9.24. The number of likely N-dealkylation sites (N-methyl/N-ethyl adjacent to an activating group) is 1. The van der Waals surface area contributed by atoms with E-state index in [0.29, 0.717) is 6.42 Å². The van der Waals surface area contributed by atoms with E-state index >= 15 is 0 Å². The van der Waals surface area contributed by atoms with Crippen LogP contribution in [0.25, 0.3) is 0 Å². The number of unbranched alkanes of at least 4 members (excludes halogenated alkanes) is 5. The third-order valence-corrected chi connectivity index (χ3v) is 3.46. The fourth-order valence-electron chi connectivity index (χ4n) is 2.09. The van der Waals surface area contributed by atoms with Gasteiger partial charge in [0.05, 0.1) is 0 Å². The summed E-state index contributed by atoms with van der Waals surface area (Å²) in [5.74, 6) is 0.207. The van der Waals surface area contributed by atoms with Gasteiger partial charge in [-0.05, 0) is 32.4 Å². The average molecular weight is 268 g/mol. The minimum Gasteiger partial charge on any atom is -0.355 e. The molecule has 0 fully saturated rings. The summed E-state index contributed by atoms with van der Waals surface area (Å²) in [5.41, 5.74) is 0. The average Bonchev–Trinajstić information content (AvgIpc) is 2.42. The van der Waals surface area contributed by atoms with Gasteiger partial charge >= 0.3 is 0 Å². The third-order valence-electron chi connectivity index (χ3n) is 3.46. The highest BCUT2D eigenvalue weighted by atomic mass is 16.1. The summed E-state index contributed by atoms with van der Waals surface area (Å²) in [6.07, 6.45) is 9.69. The molecule has 0 rings (SSSR count). The molecule has 0 aromatic carbocycles. The van der Waals surface area contributed by atoms with Crippen LogP contribution < -0.4 is 5.32 Å². The summed E-state index contributed by atoms with van der Waals surface area (Å²) in [6.45, 7) is 11.9. The molecule has 0 aliphatic carbocycles. The first-order valence-corrected chi connectivity index (χ1v) is 7.84. The van der Waals surface area contributed by atoms with E-state index in [0.717, 1.165) is 39.0 Å². The fraction of sp³-hybridized carbons (Fsp3) is 0.812. The van der Waals surface area contributed by atoms with Gasteiger partial charge in [0.2, 0.25) is 5.91 Å². The monoisotopic (exact) mass is 268 g/mol. The Bertz CT molecular complexity index is 225. The van der Waals surface area contributed by atoms with Crippen molar-refractivity contribution in [2.24, 2.45) is 0 Å². The Labute approximate surface area is 119 Å². The van der Waals surface area contributed by atoms with E-state index in [1.165, 1.54) is 25.7 Å². The molecule has 3 heteroatoms. The number of amides is 1. The molecule has 0 aliphatic rings. The van der Waals surface area contributed by atoms with Gasteiger partial charge in [-0.25, -0.2) is 0 Å². The maximum atomic E-state index is 11.6. The molecule has 1 amide bonds. The molecule has 0 aliphatic heterocycles. The second kappa shape index (κ2) is 13.6. The van der Waals surface area contributed by atoms with Crippen LogP contribution in [0.5, 0.6) is 0 Å². The van der Waals surface area contributed by atoms with Crippen LogP contribution in [0.3, 0.4) is 0 Å². The summed E-state index contributed by atoms with van der Waals surface area (Å²) in [5, 5.41) is 3.00. The summed E-state index contributed by atoms with van der Waals surface area (Å²) >= 11 is 0. The molecule has 3 nitrogen and oxygen atoms in total. The van der Waals surface area contributed by atoms with Gasteiger partial charge in [0.1, 0.15) is 0 Å². The molecule has 0 saturated heterocycles. The lowest BCUT2D eigenvalue weighted by Crippen LogP contribution is -2.34. The number of carbonyl (C=O) groups is 1. The van der Waals surface area contributed by atoms with Crippen LogP contribution in [0.1, 0.15) is 58.8 Å². The number of carbonyl (C=O) groups excluding carboxylic acids is 1. The largest absolute Gasteiger partial charge is 0.355 e. The molecule has 112 valence electrons. The number of nitrogens with zero attached hydrogens (tertiary/aromatic N) is 1. The zero-order chi connectivity index (χ0) is 14.3. The Morgan fingerprint density at radius 1 is 1.11 bits per heavy atom. The maximum Gasteiger partial charge on any atom is 0.220 e. The molecule has 0 bridgehead atoms. The first-order valence-electron chi connectivity index (χ1n) is 7.84. The predicted molar refractivity (Wildman–Crippen MR) is 83.3 cm³/mol. The summed E-state index contributed by atoms with van der Waals surface area (Å²) in [6, 6.07) is 0. The number of allylic oxidation sites excluding steroid dienone is 1. The van der Waals surface area contributed by atoms with Crippen molar-refractivity contribution in [2.75, 3.05) is 26.2 Å². The van der Waals surface area contributed by atoms with Gasteiger partial charge in [0.25, 0.3) is 0 Å². The van der Waals surface area contributed by atoms with E-state index in [4.69, 9.17) is 0 Å². The summed E-state index contributed by atoms with van der Waals surface area (Å²) < 4.78 is 0. The lowest BCUT2D eigenvalue weighted by molar-refractivity contribution is -0.121. The Morgan fingerprint density at radius 3 is 2.37 bits per heavy atom. The second-order valence-electron chi connectivity index (χ2n) is 4.97. The Morgan fingerprint density at radius 2 is 1.74 bits per heavy atom. The maximum absolute atomic E-state index is 11.6. The minimum atomic E-state index is 0.207. The zero-order valence-corrected chi connectivity index (χ0v) is 12.9. The lowest BCUT2D eigenvalue weighted by atomic mass is 10.1. The second-order valence-corrected chi connectivity index (χ2v) is 4.97. The highest BCUT2D eigenvalue weighted by Gasteiger charge is 2.02. The van der Waals surface area contributed by atoms with Gasteiger partial charge in [0.15, 0.2) is 0 Å². The quantitative estimate of drug-likeness (QED) is 0.410. The topological polar surface area (TPSA) is 32.3 Å². The molecule has 0 spiro atoms. The normalized spacial score (nSPS) is 10.7. The van der Waals surface area contributed by atoms with Crippen LogP contribution in [0.15, 0.2) is 12.7 Å². The number of hydrogen-bond donors (Lipinski definition) is 1. The molecule has 19 heavy (non-hydrogen) atoms. The molecule has 0 heterocycles. The van der Waals surface area contributed by atoms with Gasteiger partial charge in [0, 0.05) is 19.5 Å². The third kappa shape index (κ3) is 12.0. The summed E-state index contributed by atoms with van der Waals surface area (Å²) in [4.78, 5) is 13.9. The smallest absolute Gasteiger partial charge is 0.220 e. The lowest BCUT2D eigenvalue weighted by Gasteiger charge is -2.17. The SMILES string of the molecule is C=CCCCCCCCC(=O)NCCN(CC)CC. The van der Waals surface area contributed by atoms with Gasteiger partial charge in [-0.1, -0.05) is 39.2 Å². The molecule has 0 aromatic rings. The van der Waals surface area contributed by atoms with E-state index in [1.807, 2.05) is 6.08 Å². The molecule has 0 saturated carbocycles. The van der Waals surface area contributed by atoms with Crippen LogP contribution in [0.2, 0.25) is 0 Å². The van der Waals surface area contributed by atoms with E-state index in [9.17, 15) is 4.79 Å². The number of nitrogens with one attached hydrogen (secondary N) is 1. The Hall–Kier alpha value is -0.830. The number of rotatable bonds is 13. The van der Waals surface area contributed by atoms with Crippen LogP contribution in [0.4, 0.5) is 0 Å². The van der Waals surface area contributed by atoms with Crippen molar-refractivity contribution in [3.63, 3.8) is 0 Å². The van der Waals surface area contributed by atoms with Gasteiger partial charge < -0.3 is 10.2 Å². The molecule has 0 atom stereocenters. The van der Waals surface area contributed by atoms with Crippen LogP contribution in [-0.2, 0) is 4.79 Å². The van der Waals surface area contributed by atoms with E-state index < -0.39 is 0 Å². The zero-order valence-electron chi connectivity index (χ0n) is 12.9. The number of hydrogen-bond acceptors (Lipinski definition) is 2. The molecule has 1 N–H and O–H groups in total. The Balaban J connectivity index is 3.32. The van der Waals surface area contributed by atoms with Crippen LogP contribution in [-0.4, -0.2) is 37.0 Å². The van der Waals surface area contributed by atoms with Crippen molar-refractivity contribution in [2.45, 2.75) is 58.8 Å². The van der Waals surface area contributed by atoms with Gasteiger partial charge in [-0.15, -0.1) is 6.58 Å². The van der Waals surface area contributed by atoms with Crippen LogP contribution >= 0.6 is 0 Å². The van der Waals surface area contributed by atoms with Crippen molar-refractivity contribution in [3.05, 3.63) is 12.7 Å². The molecular formula is C16H32N2O. The molecule has 0 unspecified atom stereocenters. The van der Waals surface area contributed by atoms with Gasteiger partial charge in [-0.3, -0.25) is 4.79 Å². The standard InChI is InChI=1S/C16H32N2O/c1-4-7-8-9-10-11-12-13-16(19)17-14-15-18(5-2)6-3/h4H,1,5-15H2,2-3H3,(H,17,19). The van der Waals surface area contributed by atoms with Crippen molar-refractivity contribution in [1.29, 1.82) is 0 Å². The van der Waals surface area contributed by atoms with E-state index in [2.05, 4.69) is 30.6 Å². The van der Waals surface area contributed by atoms with Crippen LogP contribution in [0, 0.1) is 0 Å². The highest BCUT2D eigenvalue weighted by Crippen LogP contribution is 2.07. The minimum absolute atomic E-state index is 0.207. The van der Waals surface area contributed by atoms with E-state index in [1.54, 1.807) is 0 Å².